The molecule has 1 saturated heterocycles. The van der Waals surface area contributed by atoms with Gasteiger partial charge in [-0.05, 0) is 54.4 Å². The normalized spacial score (nSPS) is 19.9. The summed E-state index contributed by atoms with van der Waals surface area (Å²) in [5.41, 5.74) is 1.68. The van der Waals surface area contributed by atoms with Crippen LogP contribution in [0.2, 0.25) is 5.02 Å². The first kappa shape index (κ1) is 25.0. The molecule has 0 saturated carbocycles. The highest BCUT2D eigenvalue weighted by molar-refractivity contribution is 7.83. The fourth-order valence-corrected chi connectivity index (χ4v) is 5.88. The van der Waals surface area contributed by atoms with E-state index in [-0.39, 0.29) is 12.5 Å². The standard InChI is InChI=1S/C27H23ClN4O4S/c28-20-8-11-23-22(15-20)27(36-26(34)30-23)12-13-32(17-27)25(33)24(14-18-4-2-1-3-5-18)31-37(35)21-9-6-19(16-29)7-10-21/h1-11,15,24,31H,12-14,17H2,(H,30,34). The minimum absolute atomic E-state index is 0.156. The van der Waals surface area contributed by atoms with Gasteiger partial charge >= 0.3 is 6.09 Å². The van der Waals surface area contributed by atoms with E-state index >= 15 is 0 Å². The van der Waals surface area contributed by atoms with Gasteiger partial charge in [0.2, 0.25) is 5.91 Å². The molecule has 2 N–H and O–H groups in total. The number of halogens is 1. The molecule has 0 aliphatic carbocycles. The number of fused-ring (bicyclic) bond motifs is 2. The fraction of sp³-hybridized carbons (Fsp3) is 0.222. The van der Waals surface area contributed by atoms with Gasteiger partial charge < -0.3 is 9.64 Å². The van der Waals surface area contributed by atoms with Crippen LogP contribution in [0.3, 0.4) is 0 Å². The summed E-state index contributed by atoms with van der Waals surface area (Å²) >= 11 is 6.24. The van der Waals surface area contributed by atoms with Crippen LogP contribution in [0.4, 0.5) is 10.5 Å². The average Bonchev–Trinajstić information content (AvgIpc) is 3.33. The number of ether oxygens (including phenoxy) is 1. The quantitative estimate of drug-likeness (QED) is 0.494. The summed E-state index contributed by atoms with van der Waals surface area (Å²) in [7, 11) is -1.70. The predicted octanol–water partition coefficient (Wildman–Crippen LogP) is 4.13. The van der Waals surface area contributed by atoms with E-state index in [1.54, 1.807) is 47.4 Å². The zero-order chi connectivity index (χ0) is 26.0. The molecule has 1 fully saturated rings. The Balaban J connectivity index is 1.40. The summed E-state index contributed by atoms with van der Waals surface area (Å²) in [6.07, 6.45) is 0.149. The second-order valence-corrected chi connectivity index (χ2v) is 10.7. The number of nitrogens with one attached hydrogen (secondary N) is 2. The van der Waals surface area contributed by atoms with Crippen molar-refractivity contribution in [1.82, 2.24) is 9.62 Å². The van der Waals surface area contributed by atoms with Gasteiger partial charge in [0.1, 0.15) is 17.0 Å². The molecule has 37 heavy (non-hydrogen) atoms. The fourth-order valence-electron chi connectivity index (χ4n) is 4.74. The first-order chi connectivity index (χ1) is 17.9. The lowest BCUT2D eigenvalue weighted by molar-refractivity contribution is -0.133. The van der Waals surface area contributed by atoms with E-state index in [1.807, 2.05) is 36.4 Å². The lowest BCUT2D eigenvalue weighted by atomic mass is 9.90. The molecule has 2 heterocycles. The second kappa shape index (κ2) is 10.3. The highest BCUT2D eigenvalue weighted by Gasteiger charge is 2.49. The van der Waals surface area contributed by atoms with E-state index in [9.17, 15) is 13.8 Å². The van der Waals surface area contributed by atoms with Gasteiger partial charge in [-0.3, -0.25) is 10.1 Å². The van der Waals surface area contributed by atoms with Gasteiger partial charge in [0.15, 0.2) is 5.60 Å². The van der Waals surface area contributed by atoms with Crippen molar-refractivity contribution in [3.63, 3.8) is 0 Å². The molecule has 188 valence electrons. The number of nitriles is 1. The van der Waals surface area contributed by atoms with Gasteiger partial charge in [0, 0.05) is 23.6 Å². The van der Waals surface area contributed by atoms with Gasteiger partial charge in [0.05, 0.1) is 28.8 Å². The van der Waals surface area contributed by atoms with E-state index in [0.29, 0.717) is 40.6 Å². The number of carbonyl (C=O) groups excluding carboxylic acids is 2. The molecule has 5 rings (SSSR count). The van der Waals surface area contributed by atoms with Crippen molar-refractivity contribution >= 4 is 40.3 Å². The smallest absolute Gasteiger partial charge is 0.412 e. The van der Waals surface area contributed by atoms with Crippen molar-refractivity contribution in [3.05, 3.63) is 94.5 Å². The largest absolute Gasteiger partial charge is 0.436 e. The summed E-state index contributed by atoms with van der Waals surface area (Å²) in [5.74, 6) is -0.249. The Morgan fingerprint density at radius 2 is 1.95 bits per heavy atom. The second-order valence-electron chi connectivity index (χ2n) is 8.97. The topological polar surface area (TPSA) is 112 Å². The Hall–Kier alpha value is -3.71. The van der Waals surface area contributed by atoms with E-state index in [4.69, 9.17) is 21.6 Å². The molecule has 2 amide bonds. The van der Waals surface area contributed by atoms with Gasteiger partial charge in [-0.25, -0.2) is 13.7 Å². The van der Waals surface area contributed by atoms with Gasteiger partial charge in [-0.1, -0.05) is 41.9 Å². The molecule has 1 spiro atoms. The van der Waals surface area contributed by atoms with Crippen LogP contribution in [0.15, 0.2) is 77.7 Å². The number of amides is 2. The van der Waals surface area contributed by atoms with Crippen LogP contribution in [0.25, 0.3) is 0 Å². The Kier molecular flexibility index (Phi) is 6.98. The third-order valence-electron chi connectivity index (χ3n) is 6.57. The first-order valence-corrected chi connectivity index (χ1v) is 13.2. The average molecular weight is 535 g/mol. The molecule has 0 radical (unpaired) electrons. The van der Waals surface area contributed by atoms with Crippen molar-refractivity contribution in [3.8, 4) is 6.07 Å². The Bertz CT molecular complexity index is 1410. The van der Waals surface area contributed by atoms with Crippen LogP contribution in [-0.2, 0) is 32.5 Å². The third kappa shape index (κ3) is 5.23. The zero-order valence-corrected chi connectivity index (χ0v) is 21.2. The van der Waals surface area contributed by atoms with Gasteiger partial charge in [0.25, 0.3) is 0 Å². The van der Waals surface area contributed by atoms with E-state index < -0.39 is 28.7 Å². The summed E-state index contributed by atoms with van der Waals surface area (Å²) in [6, 6.07) is 22.3. The maximum atomic E-state index is 13.8. The Morgan fingerprint density at radius 3 is 2.68 bits per heavy atom. The number of rotatable bonds is 6. The summed E-state index contributed by atoms with van der Waals surface area (Å²) in [5, 5.41) is 12.2. The summed E-state index contributed by atoms with van der Waals surface area (Å²) in [4.78, 5) is 28.2. The predicted molar refractivity (Wildman–Crippen MR) is 139 cm³/mol. The van der Waals surface area contributed by atoms with Gasteiger partial charge in [-0.2, -0.15) is 5.26 Å². The zero-order valence-electron chi connectivity index (χ0n) is 19.6. The van der Waals surface area contributed by atoms with Gasteiger partial charge in [-0.15, -0.1) is 0 Å². The highest BCUT2D eigenvalue weighted by atomic mass is 35.5. The molecule has 3 atom stereocenters. The lowest BCUT2D eigenvalue weighted by Crippen LogP contribution is -2.49. The van der Waals surface area contributed by atoms with Crippen LogP contribution in [0.1, 0.15) is 23.1 Å². The molecular weight excluding hydrogens is 512 g/mol. The maximum absolute atomic E-state index is 13.8. The lowest BCUT2D eigenvalue weighted by Gasteiger charge is -2.35. The van der Waals surface area contributed by atoms with Crippen molar-refractivity contribution < 1.29 is 18.5 Å². The molecule has 3 aromatic rings. The van der Waals surface area contributed by atoms with E-state index in [0.717, 1.165) is 11.1 Å². The van der Waals surface area contributed by atoms with Crippen LogP contribution < -0.4 is 10.0 Å². The first-order valence-electron chi connectivity index (χ1n) is 11.7. The van der Waals surface area contributed by atoms with Crippen molar-refractivity contribution in [1.29, 1.82) is 5.26 Å². The SMILES string of the molecule is N#Cc1ccc(S(=O)NC(Cc2ccccc2)C(=O)N2CCC3(C2)OC(=O)Nc2ccc(Cl)cc23)cc1. The molecule has 10 heteroatoms. The van der Waals surface area contributed by atoms with Crippen molar-refractivity contribution in [2.24, 2.45) is 0 Å². The molecule has 0 bridgehead atoms. The molecule has 3 unspecified atom stereocenters. The number of benzene rings is 3. The number of anilines is 1. The third-order valence-corrected chi connectivity index (χ3v) is 8.00. The monoisotopic (exact) mass is 534 g/mol. The van der Waals surface area contributed by atoms with Crippen LogP contribution >= 0.6 is 11.6 Å². The summed E-state index contributed by atoms with van der Waals surface area (Å²) in [6.45, 7) is 0.512. The molecule has 8 nitrogen and oxygen atoms in total. The van der Waals surface area contributed by atoms with Crippen LogP contribution in [0, 0.1) is 11.3 Å². The molecule has 2 aliphatic rings. The minimum Gasteiger partial charge on any atom is -0.436 e. The molecule has 2 aliphatic heterocycles. The molecular formula is C27H23ClN4O4S. The summed E-state index contributed by atoms with van der Waals surface area (Å²) < 4.78 is 21.9. The van der Waals surface area contributed by atoms with E-state index in [2.05, 4.69) is 10.0 Å². The minimum atomic E-state index is -1.70. The highest BCUT2D eigenvalue weighted by Crippen LogP contribution is 2.43. The Morgan fingerprint density at radius 1 is 1.19 bits per heavy atom. The maximum Gasteiger partial charge on any atom is 0.412 e. The molecule has 3 aromatic carbocycles. The van der Waals surface area contributed by atoms with E-state index in [1.165, 1.54) is 0 Å². The van der Waals surface area contributed by atoms with Crippen LogP contribution in [0.5, 0.6) is 0 Å². The molecule has 0 aromatic heterocycles. The number of hydrogen-bond acceptors (Lipinski definition) is 5. The number of carbonyl (C=O) groups is 2. The van der Waals surface area contributed by atoms with Crippen LogP contribution in [-0.4, -0.2) is 40.2 Å². The number of likely N-dealkylation sites (tertiary alicyclic amines) is 1. The number of nitrogens with zero attached hydrogens (tertiary/aromatic N) is 2. The number of hydrogen-bond donors (Lipinski definition) is 2. The Labute approximate surface area is 221 Å². The van der Waals surface area contributed by atoms with Crippen molar-refractivity contribution in [2.75, 3.05) is 18.4 Å². The van der Waals surface area contributed by atoms with Crippen molar-refractivity contribution in [2.45, 2.75) is 29.4 Å².